The minimum absolute atomic E-state index is 0.194. The summed E-state index contributed by atoms with van der Waals surface area (Å²) in [5.74, 6) is 2.32. The summed E-state index contributed by atoms with van der Waals surface area (Å²) in [7, 11) is 1.65. The van der Waals surface area contributed by atoms with E-state index in [1.165, 1.54) is 6.42 Å². The van der Waals surface area contributed by atoms with Gasteiger partial charge in [0.15, 0.2) is 0 Å². The van der Waals surface area contributed by atoms with Crippen molar-refractivity contribution in [1.82, 2.24) is 9.97 Å². The molecule has 1 saturated carbocycles. The van der Waals surface area contributed by atoms with Crippen LogP contribution in [0.4, 0.5) is 11.6 Å². The second kappa shape index (κ2) is 9.24. The molecule has 1 fully saturated rings. The van der Waals surface area contributed by atoms with Crippen LogP contribution in [0.25, 0.3) is 21.8 Å². The third kappa shape index (κ3) is 4.66. The molecule has 5 rings (SSSR count). The van der Waals surface area contributed by atoms with Crippen LogP contribution in [0.2, 0.25) is 10.0 Å². The van der Waals surface area contributed by atoms with Crippen LogP contribution < -0.4 is 15.4 Å². The second-order valence-corrected chi connectivity index (χ2v) is 9.48. The van der Waals surface area contributed by atoms with E-state index in [1.54, 1.807) is 7.11 Å². The van der Waals surface area contributed by atoms with Gasteiger partial charge in [-0.3, -0.25) is 0 Å². The molecule has 2 heterocycles. The van der Waals surface area contributed by atoms with Crippen molar-refractivity contribution >= 4 is 56.6 Å². The first kappa shape index (κ1) is 22.1. The SMILES string of the molecule is COc1ccc2c(Cl)cc(N[C@@H]3CCCC[C@H]3Nc3cc(Cl)c4ccc(C)cc4n3)nc2c1. The highest BCUT2D eigenvalue weighted by Crippen LogP contribution is 2.31. The Morgan fingerprint density at radius 3 is 1.91 bits per heavy atom. The minimum Gasteiger partial charge on any atom is -0.497 e. The quantitative estimate of drug-likeness (QED) is 0.315. The Morgan fingerprint density at radius 1 is 0.788 bits per heavy atom. The fourth-order valence-corrected chi connectivity index (χ4v) is 5.12. The first-order valence-electron chi connectivity index (χ1n) is 11.2. The van der Waals surface area contributed by atoms with Crippen LogP contribution in [-0.2, 0) is 0 Å². The molecule has 1 aliphatic carbocycles. The lowest BCUT2D eigenvalue weighted by Crippen LogP contribution is -2.42. The number of aromatic nitrogens is 2. The molecule has 2 aromatic heterocycles. The lowest BCUT2D eigenvalue weighted by Gasteiger charge is -2.33. The van der Waals surface area contributed by atoms with Crippen LogP contribution in [-0.4, -0.2) is 29.2 Å². The van der Waals surface area contributed by atoms with Crippen molar-refractivity contribution in [3.63, 3.8) is 0 Å². The number of hydrogen-bond acceptors (Lipinski definition) is 5. The number of aryl methyl sites for hydroxylation is 1. The van der Waals surface area contributed by atoms with Gasteiger partial charge in [0.1, 0.15) is 17.4 Å². The van der Waals surface area contributed by atoms with E-state index in [0.717, 1.165) is 64.0 Å². The fourth-order valence-electron chi connectivity index (χ4n) is 4.59. The summed E-state index contributed by atoms with van der Waals surface area (Å²) in [6, 6.07) is 16.1. The molecule has 2 N–H and O–H groups in total. The molecule has 5 nitrogen and oxygen atoms in total. The van der Waals surface area contributed by atoms with Gasteiger partial charge in [-0.25, -0.2) is 9.97 Å². The van der Waals surface area contributed by atoms with Crippen molar-refractivity contribution < 1.29 is 4.74 Å². The van der Waals surface area contributed by atoms with Gasteiger partial charge in [0.2, 0.25) is 0 Å². The number of pyridine rings is 2. The number of ether oxygens (including phenoxy) is 1. The first-order chi connectivity index (χ1) is 16.0. The minimum atomic E-state index is 0.194. The molecule has 1 aliphatic rings. The van der Waals surface area contributed by atoms with Crippen LogP contribution in [0, 0.1) is 6.92 Å². The van der Waals surface area contributed by atoms with E-state index in [-0.39, 0.29) is 12.1 Å². The zero-order valence-corrected chi connectivity index (χ0v) is 20.2. The van der Waals surface area contributed by atoms with Gasteiger partial charge in [-0.15, -0.1) is 0 Å². The van der Waals surface area contributed by atoms with Crippen LogP contribution in [0.15, 0.2) is 48.5 Å². The number of nitrogens with one attached hydrogen (secondary N) is 2. The number of nitrogens with zero attached hydrogens (tertiary/aromatic N) is 2. The maximum absolute atomic E-state index is 6.57. The average molecular weight is 481 g/mol. The Labute approximate surface area is 203 Å². The zero-order chi connectivity index (χ0) is 22.9. The Bertz CT molecular complexity index is 1330. The maximum Gasteiger partial charge on any atom is 0.128 e. The molecule has 0 radical (unpaired) electrons. The van der Waals surface area contributed by atoms with Gasteiger partial charge in [0.05, 0.1) is 28.2 Å². The third-order valence-electron chi connectivity index (χ3n) is 6.31. The standard InChI is InChI=1S/C26H26Cl2N4O/c1-15-7-9-17-19(27)13-25(31-23(17)11-15)29-21-5-3-4-6-22(21)30-26-14-20(28)18-10-8-16(33-2)12-24(18)32-26/h7-14,21-22H,3-6H2,1-2H3,(H,29,31)(H,30,32)/t21-,22-/m1/s1. The molecule has 170 valence electrons. The van der Waals surface area contributed by atoms with E-state index >= 15 is 0 Å². The topological polar surface area (TPSA) is 59.1 Å². The van der Waals surface area contributed by atoms with Gasteiger partial charge < -0.3 is 15.4 Å². The Balaban J connectivity index is 1.41. The Kier molecular flexibility index (Phi) is 6.17. The van der Waals surface area contributed by atoms with E-state index in [0.29, 0.717) is 10.0 Å². The van der Waals surface area contributed by atoms with Crippen molar-refractivity contribution in [1.29, 1.82) is 0 Å². The van der Waals surface area contributed by atoms with Crippen LogP contribution >= 0.6 is 23.2 Å². The monoisotopic (exact) mass is 480 g/mol. The summed E-state index contributed by atoms with van der Waals surface area (Å²) >= 11 is 13.1. The fraction of sp³-hybridized carbons (Fsp3) is 0.308. The highest BCUT2D eigenvalue weighted by Gasteiger charge is 2.26. The summed E-state index contributed by atoms with van der Waals surface area (Å²) in [6.07, 6.45) is 4.40. The van der Waals surface area contributed by atoms with Crippen molar-refractivity contribution in [2.75, 3.05) is 17.7 Å². The summed E-state index contributed by atoms with van der Waals surface area (Å²) in [5, 5.41) is 10.5. The van der Waals surface area contributed by atoms with Gasteiger partial charge in [0, 0.05) is 28.9 Å². The first-order valence-corrected chi connectivity index (χ1v) is 12.0. The summed E-state index contributed by atoms with van der Waals surface area (Å²) in [5.41, 5.74) is 2.88. The molecule has 0 amide bonds. The number of methoxy groups -OCH3 is 1. The molecule has 2 aromatic carbocycles. The smallest absolute Gasteiger partial charge is 0.128 e. The molecule has 0 bridgehead atoms. The van der Waals surface area contributed by atoms with E-state index in [4.69, 9.17) is 37.9 Å². The number of anilines is 2. The van der Waals surface area contributed by atoms with Gasteiger partial charge in [-0.05, 0) is 55.7 Å². The molecule has 0 aliphatic heterocycles. The number of fused-ring (bicyclic) bond motifs is 2. The van der Waals surface area contributed by atoms with Crippen molar-refractivity contribution in [2.45, 2.75) is 44.7 Å². The molecule has 33 heavy (non-hydrogen) atoms. The number of benzene rings is 2. The molecule has 4 aromatic rings. The molecular weight excluding hydrogens is 455 g/mol. The van der Waals surface area contributed by atoms with Gasteiger partial charge in [-0.1, -0.05) is 48.2 Å². The molecule has 0 saturated heterocycles. The van der Waals surface area contributed by atoms with Crippen molar-refractivity contribution in [3.05, 3.63) is 64.1 Å². The van der Waals surface area contributed by atoms with Gasteiger partial charge in [-0.2, -0.15) is 0 Å². The van der Waals surface area contributed by atoms with E-state index in [1.807, 2.05) is 36.4 Å². The summed E-state index contributed by atoms with van der Waals surface area (Å²) in [6.45, 7) is 2.06. The number of hydrogen-bond donors (Lipinski definition) is 2. The number of rotatable bonds is 5. The normalized spacial score (nSPS) is 18.4. The summed E-state index contributed by atoms with van der Waals surface area (Å²) in [4.78, 5) is 9.64. The molecule has 7 heteroatoms. The lowest BCUT2D eigenvalue weighted by atomic mass is 9.90. The molecular formula is C26H26Cl2N4O. The van der Waals surface area contributed by atoms with Crippen LogP contribution in [0.3, 0.4) is 0 Å². The van der Waals surface area contributed by atoms with Gasteiger partial charge >= 0.3 is 0 Å². The van der Waals surface area contributed by atoms with Crippen molar-refractivity contribution in [3.8, 4) is 5.75 Å². The van der Waals surface area contributed by atoms with Crippen molar-refractivity contribution in [2.24, 2.45) is 0 Å². The number of halogens is 2. The van der Waals surface area contributed by atoms with Crippen LogP contribution in [0.5, 0.6) is 5.75 Å². The summed E-state index contributed by atoms with van der Waals surface area (Å²) < 4.78 is 5.35. The Morgan fingerprint density at radius 2 is 1.33 bits per heavy atom. The maximum atomic E-state index is 6.57. The average Bonchev–Trinajstić information content (AvgIpc) is 2.79. The predicted octanol–water partition coefficient (Wildman–Crippen LogP) is 7.24. The van der Waals surface area contributed by atoms with Gasteiger partial charge in [0.25, 0.3) is 0 Å². The molecule has 2 atom stereocenters. The predicted molar refractivity (Wildman–Crippen MR) is 138 cm³/mol. The second-order valence-electron chi connectivity index (χ2n) is 8.67. The highest BCUT2D eigenvalue weighted by molar-refractivity contribution is 6.36. The lowest BCUT2D eigenvalue weighted by molar-refractivity contribution is 0.415. The highest BCUT2D eigenvalue weighted by atomic mass is 35.5. The van der Waals surface area contributed by atoms with E-state index in [9.17, 15) is 0 Å². The Hall–Kier alpha value is -2.76. The van der Waals surface area contributed by atoms with E-state index in [2.05, 4.69) is 29.7 Å². The largest absolute Gasteiger partial charge is 0.497 e. The molecule has 0 spiro atoms. The molecule has 0 unspecified atom stereocenters. The third-order valence-corrected chi connectivity index (χ3v) is 6.94. The van der Waals surface area contributed by atoms with Crippen LogP contribution in [0.1, 0.15) is 31.2 Å². The zero-order valence-electron chi connectivity index (χ0n) is 18.7. The van der Waals surface area contributed by atoms with E-state index < -0.39 is 0 Å².